The van der Waals surface area contributed by atoms with E-state index >= 15 is 0 Å². The quantitative estimate of drug-likeness (QED) is 0.0568. The van der Waals surface area contributed by atoms with E-state index in [-0.39, 0.29) is 42.2 Å². The molecule has 0 aliphatic heterocycles. The van der Waals surface area contributed by atoms with E-state index in [0.29, 0.717) is 117 Å². The molecule has 2 aromatic rings. The van der Waals surface area contributed by atoms with Crippen LogP contribution in [0.2, 0.25) is 0 Å². The lowest BCUT2D eigenvalue weighted by Gasteiger charge is -2.39. The lowest BCUT2D eigenvalue weighted by Crippen LogP contribution is -2.32. The van der Waals surface area contributed by atoms with E-state index in [1.165, 1.54) is 32.1 Å². The van der Waals surface area contributed by atoms with Crippen LogP contribution in [0.1, 0.15) is 103 Å². The first kappa shape index (κ1) is 50.9. The average Bonchev–Trinajstić information content (AvgIpc) is 3.52. The second-order valence-corrected chi connectivity index (χ2v) is 18.7. The Morgan fingerprint density at radius 3 is 1.65 bits per heavy atom. The molecule has 6 unspecified atom stereocenters. The summed E-state index contributed by atoms with van der Waals surface area (Å²) < 4.78 is 57.0. The SMILES string of the molecule is O=C(O)CC1CCC2CCCC(CC(=O)OCCOCCOCCOCCOc3cccc4c(OCCOCCOCCOCCOC(=O)C5CCC6CCCC(C6)C5)cccc34)(C2)C1. The largest absolute Gasteiger partial charge is 0.491 e. The van der Waals surface area contributed by atoms with Gasteiger partial charge < -0.3 is 52.5 Å². The van der Waals surface area contributed by atoms with Crippen molar-refractivity contribution in [2.45, 2.75) is 103 Å². The highest BCUT2D eigenvalue weighted by Gasteiger charge is 2.43. The predicted octanol–water partition coefficient (Wildman–Crippen LogP) is 8.23. The van der Waals surface area contributed by atoms with Gasteiger partial charge in [0.15, 0.2) is 0 Å². The first-order chi connectivity index (χ1) is 31.9. The van der Waals surface area contributed by atoms with E-state index in [1.54, 1.807) is 0 Å². The van der Waals surface area contributed by atoms with E-state index < -0.39 is 5.97 Å². The molecule has 4 saturated carbocycles. The minimum atomic E-state index is -0.751. The Kier molecular flexibility index (Phi) is 22.4. The van der Waals surface area contributed by atoms with Gasteiger partial charge in [-0.15, -0.1) is 0 Å². The van der Waals surface area contributed by atoms with Gasteiger partial charge in [-0.25, -0.2) is 0 Å². The number of aliphatic carboxylic acids is 1. The van der Waals surface area contributed by atoms with Gasteiger partial charge in [0.05, 0.1) is 91.6 Å². The highest BCUT2D eigenvalue weighted by molar-refractivity contribution is 5.93. The number of benzene rings is 2. The molecule has 4 fully saturated rings. The molecule has 0 amide bonds. The average molecular weight is 913 g/mol. The van der Waals surface area contributed by atoms with Crippen LogP contribution in [0.4, 0.5) is 0 Å². The molecule has 4 aliphatic carbocycles. The van der Waals surface area contributed by atoms with Crippen molar-refractivity contribution >= 4 is 28.7 Å². The Balaban J connectivity index is 0.719. The fourth-order valence-electron chi connectivity index (χ4n) is 10.8. The molecule has 2 aromatic carbocycles. The second-order valence-electron chi connectivity index (χ2n) is 18.7. The lowest BCUT2D eigenvalue weighted by molar-refractivity contribution is -0.151. The Hall–Kier alpha value is -3.53. The van der Waals surface area contributed by atoms with Gasteiger partial charge in [0.1, 0.15) is 37.9 Å². The number of fused-ring (bicyclic) bond motifs is 5. The van der Waals surface area contributed by atoms with Crippen LogP contribution in [0.3, 0.4) is 0 Å². The zero-order valence-electron chi connectivity index (χ0n) is 38.7. The normalized spacial score (nSPS) is 24.2. The Labute approximate surface area is 385 Å². The highest BCUT2D eigenvalue weighted by atomic mass is 16.6. The third kappa shape index (κ3) is 18.2. The van der Waals surface area contributed by atoms with Gasteiger partial charge in [-0.2, -0.15) is 0 Å². The number of carbonyl (C=O) groups excluding carboxylic acids is 2. The second kappa shape index (κ2) is 28.6. The molecule has 1 N–H and O–H groups in total. The molecular weight excluding hydrogens is 837 g/mol. The summed E-state index contributed by atoms with van der Waals surface area (Å²) >= 11 is 0. The van der Waals surface area contributed by atoms with E-state index in [9.17, 15) is 19.5 Å². The smallest absolute Gasteiger partial charge is 0.309 e. The van der Waals surface area contributed by atoms with Crippen LogP contribution in [-0.4, -0.2) is 129 Å². The standard InChI is InChI=1S/C51H76O14/c52-48(53)35-42-13-12-40-7-4-16-51(36-40,37-42)38-49(54)64-31-27-60-23-19-56-17-21-58-25-29-62-46-10-2-9-45-44(46)8-3-11-47(45)63-30-26-59-22-18-57-20-24-61-28-32-65-50(55)43-15-14-39-5-1-6-41(33-39)34-43/h2-3,8-11,39-43H,1,4-7,12-38H2,(H,52,53). The highest BCUT2D eigenvalue weighted by Crippen LogP contribution is 2.52. The van der Waals surface area contributed by atoms with Gasteiger partial charge in [0.25, 0.3) is 0 Å². The van der Waals surface area contributed by atoms with E-state index in [4.69, 9.17) is 47.4 Å². The molecule has 0 spiro atoms. The predicted molar refractivity (Wildman–Crippen MR) is 243 cm³/mol. The molecule has 0 radical (unpaired) electrons. The zero-order valence-corrected chi connectivity index (χ0v) is 38.7. The minimum absolute atomic E-state index is 0.0507. The van der Waals surface area contributed by atoms with Gasteiger partial charge in [-0.1, -0.05) is 62.8 Å². The van der Waals surface area contributed by atoms with Gasteiger partial charge in [0.2, 0.25) is 0 Å². The maximum absolute atomic E-state index is 12.8. The van der Waals surface area contributed by atoms with Crippen molar-refractivity contribution in [2.24, 2.45) is 35.0 Å². The van der Waals surface area contributed by atoms with Crippen molar-refractivity contribution in [1.82, 2.24) is 0 Å². The molecule has 14 heteroatoms. The third-order valence-corrected chi connectivity index (χ3v) is 13.8. The molecule has 0 saturated heterocycles. The summed E-state index contributed by atoms with van der Waals surface area (Å²) in [6.07, 6.45) is 15.9. The summed E-state index contributed by atoms with van der Waals surface area (Å²) in [7, 11) is 0. The summed E-state index contributed by atoms with van der Waals surface area (Å²) in [6, 6.07) is 11.8. The van der Waals surface area contributed by atoms with E-state index in [0.717, 1.165) is 86.0 Å². The number of carboxylic acid groups (broad SMARTS) is 1. The molecule has 4 aliphatic rings. The molecule has 0 heterocycles. The van der Waals surface area contributed by atoms with Gasteiger partial charge in [-0.05, 0) is 92.6 Å². The molecule has 6 rings (SSSR count). The van der Waals surface area contributed by atoms with E-state index in [2.05, 4.69) is 0 Å². The maximum atomic E-state index is 12.8. The number of carboxylic acids is 1. The van der Waals surface area contributed by atoms with Crippen molar-refractivity contribution in [1.29, 1.82) is 0 Å². The number of carbonyl (C=O) groups is 3. The van der Waals surface area contributed by atoms with Crippen LogP contribution in [-0.2, 0) is 52.3 Å². The van der Waals surface area contributed by atoms with Crippen LogP contribution in [0, 0.1) is 35.0 Å². The Morgan fingerprint density at radius 1 is 0.523 bits per heavy atom. The fraction of sp³-hybridized carbons (Fsp3) is 0.745. The number of esters is 2. The Bertz CT molecular complexity index is 1700. The summed E-state index contributed by atoms with van der Waals surface area (Å²) in [6.45, 7) is 6.20. The fourth-order valence-corrected chi connectivity index (χ4v) is 10.8. The van der Waals surface area contributed by atoms with Crippen LogP contribution in [0.25, 0.3) is 10.8 Å². The summed E-state index contributed by atoms with van der Waals surface area (Å²) in [5, 5.41) is 11.3. The maximum Gasteiger partial charge on any atom is 0.309 e. The summed E-state index contributed by atoms with van der Waals surface area (Å²) in [5.41, 5.74) is -0.127. The van der Waals surface area contributed by atoms with Gasteiger partial charge in [-0.3, -0.25) is 14.4 Å². The monoisotopic (exact) mass is 913 g/mol. The van der Waals surface area contributed by atoms with Crippen LogP contribution in [0.5, 0.6) is 11.5 Å². The Morgan fingerprint density at radius 2 is 1.05 bits per heavy atom. The van der Waals surface area contributed by atoms with Crippen LogP contribution in [0.15, 0.2) is 36.4 Å². The number of rotatable bonds is 31. The molecule has 65 heavy (non-hydrogen) atoms. The first-order valence-electron chi connectivity index (χ1n) is 24.6. The summed E-state index contributed by atoms with van der Waals surface area (Å²) in [4.78, 5) is 36.8. The minimum Gasteiger partial charge on any atom is -0.491 e. The number of hydrogen-bond acceptors (Lipinski definition) is 13. The van der Waals surface area contributed by atoms with Crippen molar-refractivity contribution in [2.75, 3.05) is 106 Å². The topological polar surface area (TPSA) is 164 Å². The van der Waals surface area contributed by atoms with Crippen LogP contribution < -0.4 is 9.47 Å². The first-order valence-corrected chi connectivity index (χ1v) is 24.6. The molecule has 364 valence electrons. The van der Waals surface area contributed by atoms with Crippen molar-refractivity contribution < 1.29 is 66.9 Å². The van der Waals surface area contributed by atoms with Crippen molar-refractivity contribution in [3.63, 3.8) is 0 Å². The molecule has 4 bridgehead atoms. The molecule has 14 nitrogen and oxygen atoms in total. The molecular formula is C51H76O14. The number of hydrogen-bond donors (Lipinski definition) is 1. The number of ether oxygens (including phenoxy) is 10. The van der Waals surface area contributed by atoms with Crippen molar-refractivity contribution in [3.05, 3.63) is 36.4 Å². The van der Waals surface area contributed by atoms with Crippen molar-refractivity contribution in [3.8, 4) is 11.5 Å². The van der Waals surface area contributed by atoms with Gasteiger partial charge >= 0.3 is 17.9 Å². The zero-order chi connectivity index (χ0) is 45.4. The molecule has 0 aromatic heterocycles. The summed E-state index contributed by atoms with van der Waals surface area (Å²) in [5.74, 6) is 2.78. The molecule has 6 atom stereocenters. The lowest BCUT2D eigenvalue weighted by atomic mass is 9.65. The third-order valence-electron chi connectivity index (χ3n) is 13.8. The van der Waals surface area contributed by atoms with E-state index in [1.807, 2.05) is 36.4 Å². The van der Waals surface area contributed by atoms with Crippen LogP contribution >= 0.6 is 0 Å². The van der Waals surface area contributed by atoms with Gasteiger partial charge in [0, 0.05) is 17.2 Å².